The van der Waals surface area contributed by atoms with Crippen LogP contribution in [0.15, 0.2) is 0 Å². The fourth-order valence-electron chi connectivity index (χ4n) is 1.97. The summed E-state index contributed by atoms with van der Waals surface area (Å²) in [5.41, 5.74) is 5.27. The van der Waals surface area contributed by atoms with Gasteiger partial charge in [-0.3, -0.25) is 14.4 Å². The van der Waals surface area contributed by atoms with E-state index in [0.717, 1.165) is 0 Å². The van der Waals surface area contributed by atoms with Gasteiger partial charge in [-0.2, -0.15) is 0 Å². The summed E-state index contributed by atoms with van der Waals surface area (Å²) in [6.45, 7) is 3.70. The number of nitrogens with two attached hydrogens (primary N) is 1. The van der Waals surface area contributed by atoms with Crippen LogP contribution >= 0.6 is 0 Å². The molecule has 0 aliphatic rings. The maximum Gasteiger partial charge on any atom is 0.326 e. The minimum absolute atomic E-state index is 0.00179. The van der Waals surface area contributed by atoms with Gasteiger partial charge in [0.2, 0.25) is 17.7 Å². The highest BCUT2D eigenvalue weighted by Gasteiger charge is 2.30. The third kappa shape index (κ3) is 8.74. The van der Waals surface area contributed by atoms with E-state index in [9.17, 15) is 24.3 Å². The first-order valence-electron chi connectivity index (χ1n) is 8.14. The van der Waals surface area contributed by atoms with Crippen LogP contribution < -0.4 is 21.7 Å². The summed E-state index contributed by atoms with van der Waals surface area (Å²) in [5.74, 6) is -3.64. The Morgan fingerprint density at radius 3 is 2.04 bits per heavy atom. The van der Waals surface area contributed by atoms with E-state index >= 15 is 0 Å². The second-order valence-electron chi connectivity index (χ2n) is 6.32. The number of carbonyl (C=O) groups excluding carboxylic acids is 3. The average Bonchev–Trinajstić information content (AvgIpc) is 2.54. The van der Waals surface area contributed by atoms with Crippen molar-refractivity contribution in [3.05, 3.63) is 0 Å². The van der Waals surface area contributed by atoms with Crippen LogP contribution in [0.2, 0.25) is 0 Å². The van der Waals surface area contributed by atoms with Gasteiger partial charge >= 0.3 is 5.97 Å². The second-order valence-corrected chi connectivity index (χ2v) is 6.32. The largest absolute Gasteiger partial charge is 0.480 e. The Kier molecular flexibility index (Phi) is 10.4. The zero-order valence-corrected chi connectivity index (χ0v) is 15.1. The van der Waals surface area contributed by atoms with Gasteiger partial charge in [0.05, 0.1) is 19.3 Å². The van der Waals surface area contributed by atoms with E-state index in [-0.39, 0.29) is 12.3 Å². The zero-order chi connectivity index (χ0) is 20.4. The summed E-state index contributed by atoms with van der Waals surface area (Å²) in [5, 5.41) is 34.2. The molecule has 0 radical (unpaired) electrons. The minimum Gasteiger partial charge on any atom is -0.480 e. The third-order valence-electron chi connectivity index (χ3n) is 3.36. The number of hydrogen-bond donors (Lipinski definition) is 7. The van der Waals surface area contributed by atoms with Crippen molar-refractivity contribution < 1.29 is 34.5 Å². The maximum atomic E-state index is 12.2. The Labute approximate surface area is 151 Å². The van der Waals surface area contributed by atoms with Crippen LogP contribution in [-0.4, -0.2) is 76.4 Å². The summed E-state index contributed by atoms with van der Waals surface area (Å²) in [4.78, 5) is 46.7. The van der Waals surface area contributed by atoms with Crippen LogP contribution in [0.25, 0.3) is 0 Å². The topological polar surface area (TPSA) is 191 Å². The highest BCUT2D eigenvalue weighted by molar-refractivity contribution is 5.92. The molecule has 150 valence electrons. The number of aliphatic hydroxyl groups excluding tert-OH is 2. The van der Waals surface area contributed by atoms with Crippen molar-refractivity contribution in [2.24, 2.45) is 11.7 Å². The molecule has 0 aromatic carbocycles. The summed E-state index contributed by atoms with van der Waals surface area (Å²) in [7, 11) is 0. The van der Waals surface area contributed by atoms with Crippen molar-refractivity contribution in [2.75, 3.05) is 13.2 Å². The third-order valence-corrected chi connectivity index (χ3v) is 3.36. The van der Waals surface area contributed by atoms with E-state index in [1.807, 2.05) is 0 Å². The molecule has 11 nitrogen and oxygen atoms in total. The lowest BCUT2D eigenvalue weighted by Gasteiger charge is -2.24. The van der Waals surface area contributed by atoms with E-state index < -0.39 is 61.1 Å². The number of carbonyl (C=O) groups is 4. The van der Waals surface area contributed by atoms with Crippen LogP contribution in [0.1, 0.15) is 27.2 Å². The smallest absolute Gasteiger partial charge is 0.326 e. The van der Waals surface area contributed by atoms with Crippen molar-refractivity contribution in [2.45, 2.75) is 51.4 Å². The Morgan fingerprint density at radius 2 is 1.62 bits per heavy atom. The molecular formula is C15H28N4O7. The van der Waals surface area contributed by atoms with Gasteiger partial charge in [-0.25, -0.2) is 4.79 Å². The number of hydrogen-bond acceptors (Lipinski definition) is 7. The highest BCUT2D eigenvalue weighted by Crippen LogP contribution is 2.06. The Balaban J connectivity index is 4.80. The molecule has 0 saturated carbocycles. The van der Waals surface area contributed by atoms with Crippen molar-refractivity contribution in [3.63, 3.8) is 0 Å². The Morgan fingerprint density at radius 1 is 1.04 bits per heavy atom. The van der Waals surface area contributed by atoms with Crippen molar-refractivity contribution in [1.29, 1.82) is 0 Å². The van der Waals surface area contributed by atoms with Gasteiger partial charge in [0.15, 0.2) is 0 Å². The zero-order valence-electron chi connectivity index (χ0n) is 15.1. The molecule has 0 bridgehead atoms. The van der Waals surface area contributed by atoms with Crippen LogP contribution in [0, 0.1) is 5.92 Å². The van der Waals surface area contributed by atoms with Crippen molar-refractivity contribution >= 4 is 23.7 Å². The number of carboxylic acid groups (broad SMARTS) is 1. The SMILES string of the molecule is CC(C)CC(NC(=O)C(NC(=O)CNC(=O)C(N)CO)C(C)O)C(=O)O. The molecule has 26 heavy (non-hydrogen) atoms. The number of nitrogens with one attached hydrogen (secondary N) is 3. The number of aliphatic hydroxyl groups is 2. The molecule has 4 unspecified atom stereocenters. The van der Waals surface area contributed by atoms with Crippen molar-refractivity contribution in [3.8, 4) is 0 Å². The van der Waals surface area contributed by atoms with Crippen LogP contribution in [0.3, 0.4) is 0 Å². The molecule has 0 saturated heterocycles. The Hall–Kier alpha value is -2.24. The van der Waals surface area contributed by atoms with Gasteiger partial charge in [-0.1, -0.05) is 13.8 Å². The molecule has 3 amide bonds. The first-order chi connectivity index (χ1) is 12.0. The van der Waals surface area contributed by atoms with Gasteiger partial charge in [-0.15, -0.1) is 0 Å². The monoisotopic (exact) mass is 376 g/mol. The summed E-state index contributed by atoms with van der Waals surface area (Å²) < 4.78 is 0. The molecular weight excluding hydrogens is 348 g/mol. The Bertz CT molecular complexity index is 510. The van der Waals surface area contributed by atoms with Gasteiger partial charge in [0.1, 0.15) is 18.1 Å². The van der Waals surface area contributed by atoms with E-state index in [4.69, 9.17) is 15.9 Å². The number of carboxylic acids is 1. The van der Waals surface area contributed by atoms with E-state index in [0.29, 0.717) is 0 Å². The standard InChI is InChI=1S/C15H28N4O7/c1-7(2)4-10(15(25)26)18-14(24)12(8(3)21)19-11(22)5-17-13(23)9(16)6-20/h7-10,12,20-21H,4-6,16H2,1-3H3,(H,17,23)(H,18,24)(H,19,22)(H,25,26). The summed E-state index contributed by atoms with van der Waals surface area (Å²) >= 11 is 0. The predicted molar refractivity (Wildman–Crippen MR) is 90.7 cm³/mol. The van der Waals surface area contributed by atoms with Gasteiger partial charge in [0.25, 0.3) is 0 Å². The van der Waals surface area contributed by atoms with Gasteiger partial charge in [0, 0.05) is 0 Å². The molecule has 0 heterocycles. The molecule has 0 aromatic heterocycles. The van der Waals surface area contributed by atoms with Crippen LogP contribution in [0.4, 0.5) is 0 Å². The maximum absolute atomic E-state index is 12.2. The average molecular weight is 376 g/mol. The van der Waals surface area contributed by atoms with Crippen LogP contribution in [0.5, 0.6) is 0 Å². The summed E-state index contributed by atoms with van der Waals surface area (Å²) in [6.07, 6.45) is -1.13. The number of amides is 3. The molecule has 0 aliphatic carbocycles. The first-order valence-corrected chi connectivity index (χ1v) is 8.14. The first kappa shape index (κ1) is 23.8. The lowest BCUT2D eigenvalue weighted by Crippen LogP contribution is -2.57. The van der Waals surface area contributed by atoms with E-state index in [2.05, 4.69) is 16.0 Å². The van der Waals surface area contributed by atoms with E-state index in [1.165, 1.54) is 6.92 Å². The minimum atomic E-state index is -1.40. The molecule has 0 fully saturated rings. The molecule has 0 aliphatic heterocycles. The molecule has 4 atom stereocenters. The lowest BCUT2D eigenvalue weighted by atomic mass is 10.0. The lowest BCUT2D eigenvalue weighted by molar-refractivity contribution is -0.143. The molecule has 0 rings (SSSR count). The summed E-state index contributed by atoms with van der Waals surface area (Å²) in [6, 6.07) is -3.76. The normalized spacial score (nSPS) is 15.5. The predicted octanol–water partition coefficient (Wildman–Crippen LogP) is -3.10. The molecule has 11 heteroatoms. The van der Waals surface area contributed by atoms with Crippen molar-refractivity contribution in [1.82, 2.24) is 16.0 Å². The molecule has 8 N–H and O–H groups in total. The molecule has 0 aromatic rings. The number of rotatable bonds is 11. The second kappa shape index (κ2) is 11.4. The fourth-order valence-corrected chi connectivity index (χ4v) is 1.97. The van der Waals surface area contributed by atoms with E-state index in [1.54, 1.807) is 13.8 Å². The quantitative estimate of drug-likeness (QED) is 0.197. The van der Waals surface area contributed by atoms with Gasteiger partial charge in [-0.05, 0) is 19.3 Å². The van der Waals surface area contributed by atoms with Crippen LogP contribution in [-0.2, 0) is 19.2 Å². The number of aliphatic carboxylic acids is 1. The highest BCUT2D eigenvalue weighted by atomic mass is 16.4. The molecule has 0 spiro atoms. The van der Waals surface area contributed by atoms with Gasteiger partial charge < -0.3 is 37.0 Å². The fraction of sp³-hybridized carbons (Fsp3) is 0.733.